The molecule has 1 aliphatic rings. The summed E-state index contributed by atoms with van der Waals surface area (Å²) in [4.78, 5) is 10.8. The molecule has 79 valence electrons. The van der Waals surface area contributed by atoms with Gasteiger partial charge in [-0.25, -0.2) is 8.78 Å². The number of ether oxygens (including phenoxy) is 1. The van der Waals surface area contributed by atoms with E-state index in [0.29, 0.717) is 11.6 Å². The number of fused-ring (bicyclic) bond motifs is 1. The van der Waals surface area contributed by atoms with Crippen LogP contribution in [0.4, 0.5) is 8.78 Å². The Kier molecular flexibility index (Phi) is 2.30. The van der Waals surface area contributed by atoms with E-state index in [1.165, 1.54) is 6.42 Å². The van der Waals surface area contributed by atoms with Gasteiger partial charge in [0.05, 0.1) is 0 Å². The molecule has 2 N–H and O–H groups in total. The minimum atomic E-state index is -0.877. The van der Waals surface area contributed by atoms with E-state index in [0.717, 1.165) is 6.07 Å². The SMILES string of the molecule is NC(=O)[C@@H]1C[CH]c2cc(F)cc(F)c2O1. The lowest BCUT2D eigenvalue weighted by Gasteiger charge is -2.23. The van der Waals surface area contributed by atoms with Gasteiger partial charge in [0, 0.05) is 18.1 Å². The summed E-state index contributed by atoms with van der Waals surface area (Å²) in [6, 6.07) is 1.85. The van der Waals surface area contributed by atoms with Crippen LogP contribution >= 0.6 is 0 Å². The summed E-state index contributed by atoms with van der Waals surface area (Å²) in [6.07, 6.45) is 0.878. The van der Waals surface area contributed by atoms with Crippen molar-refractivity contribution in [2.24, 2.45) is 5.73 Å². The molecule has 0 bridgehead atoms. The Bertz CT molecular complexity index is 420. The molecule has 1 amide bonds. The molecular formula is C10H8F2NO2. The lowest BCUT2D eigenvalue weighted by atomic mass is 10.0. The van der Waals surface area contributed by atoms with Crippen LogP contribution in [-0.4, -0.2) is 12.0 Å². The molecule has 1 aromatic carbocycles. The third-order valence-electron chi connectivity index (χ3n) is 2.17. The average Bonchev–Trinajstić information content (AvgIpc) is 2.16. The first-order chi connectivity index (χ1) is 7.08. The molecule has 15 heavy (non-hydrogen) atoms. The van der Waals surface area contributed by atoms with Crippen LogP contribution in [0.15, 0.2) is 12.1 Å². The number of amides is 1. The third-order valence-corrected chi connectivity index (χ3v) is 2.17. The van der Waals surface area contributed by atoms with Gasteiger partial charge in [-0.1, -0.05) is 0 Å². The van der Waals surface area contributed by atoms with Gasteiger partial charge in [-0.2, -0.15) is 0 Å². The highest BCUT2D eigenvalue weighted by Gasteiger charge is 2.27. The Morgan fingerprint density at radius 2 is 2.20 bits per heavy atom. The molecular weight excluding hydrogens is 204 g/mol. The molecule has 0 saturated heterocycles. The first-order valence-corrected chi connectivity index (χ1v) is 4.36. The molecule has 1 heterocycles. The van der Waals surface area contributed by atoms with E-state index in [-0.39, 0.29) is 12.2 Å². The number of primary amides is 1. The van der Waals surface area contributed by atoms with Crippen LogP contribution in [0.25, 0.3) is 0 Å². The van der Waals surface area contributed by atoms with Crippen molar-refractivity contribution in [3.8, 4) is 5.75 Å². The van der Waals surface area contributed by atoms with Gasteiger partial charge in [0.25, 0.3) is 5.91 Å². The van der Waals surface area contributed by atoms with Crippen LogP contribution in [-0.2, 0) is 4.79 Å². The normalized spacial score (nSPS) is 19.2. The Hall–Kier alpha value is -1.65. The zero-order valence-electron chi connectivity index (χ0n) is 7.67. The van der Waals surface area contributed by atoms with E-state index >= 15 is 0 Å². The molecule has 5 heteroatoms. The van der Waals surface area contributed by atoms with Gasteiger partial charge in [-0.15, -0.1) is 0 Å². The van der Waals surface area contributed by atoms with E-state index in [9.17, 15) is 13.6 Å². The summed E-state index contributed by atoms with van der Waals surface area (Å²) in [7, 11) is 0. The minimum Gasteiger partial charge on any atom is -0.477 e. The van der Waals surface area contributed by atoms with Gasteiger partial charge in [0.15, 0.2) is 17.7 Å². The molecule has 0 aromatic heterocycles. The number of carbonyl (C=O) groups is 1. The molecule has 2 rings (SSSR count). The number of nitrogens with two attached hydrogens (primary N) is 1. The summed E-state index contributed by atoms with van der Waals surface area (Å²) in [5, 5.41) is 0. The van der Waals surface area contributed by atoms with Gasteiger partial charge in [-0.05, 0) is 12.5 Å². The number of hydrogen-bond acceptors (Lipinski definition) is 2. The maximum Gasteiger partial charge on any atom is 0.258 e. The first kappa shape index (κ1) is 9.89. The zero-order chi connectivity index (χ0) is 11.0. The van der Waals surface area contributed by atoms with Crippen molar-refractivity contribution in [1.82, 2.24) is 0 Å². The quantitative estimate of drug-likeness (QED) is 0.759. The number of benzene rings is 1. The monoisotopic (exact) mass is 212 g/mol. The highest BCUT2D eigenvalue weighted by molar-refractivity contribution is 5.80. The largest absolute Gasteiger partial charge is 0.477 e. The molecule has 0 fully saturated rings. The highest BCUT2D eigenvalue weighted by atomic mass is 19.1. The van der Waals surface area contributed by atoms with Gasteiger partial charge < -0.3 is 10.5 Å². The molecule has 0 aliphatic carbocycles. The Morgan fingerprint density at radius 3 is 2.87 bits per heavy atom. The number of halogens is 2. The van der Waals surface area contributed by atoms with Gasteiger partial charge in [0.1, 0.15) is 5.82 Å². The summed E-state index contributed by atoms with van der Waals surface area (Å²) in [6.45, 7) is 0. The maximum absolute atomic E-state index is 13.2. The van der Waals surface area contributed by atoms with E-state index in [1.54, 1.807) is 0 Å². The Labute approximate surface area is 84.8 Å². The standard InChI is InChI=1S/C10H8F2NO2/c11-6-3-5-1-2-8(10(13)14)15-9(5)7(12)4-6/h1,3-4,8H,2H2,(H2,13,14)/t8-/m0/s1. The second-order valence-corrected chi connectivity index (χ2v) is 3.25. The van der Waals surface area contributed by atoms with Crippen molar-refractivity contribution in [1.29, 1.82) is 0 Å². The van der Waals surface area contributed by atoms with Crippen molar-refractivity contribution in [3.05, 3.63) is 35.8 Å². The van der Waals surface area contributed by atoms with E-state index in [4.69, 9.17) is 10.5 Å². The molecule has 1 radical (unpaired) electrons. The van der Waals surface area contributed by atoms with Gasteiger partial charge in [-0.3, -0.25) is 4.79 Å². The smallest absolute Gasteiger partial charge is 0.258 e. The zero-order valence-corrected chi connectivity index (χ0v) is 7.67. The molecule has 1 atom stereocenters. The first-order valence-electron chi connectivity index (χ1n) is 4.36. The predicted molar refractivity (Wildman–Crippen MR) is 48.0 cm³/mol. The fourth-order valence-corrected chi connectivity index (χ4v) is 1.45. The second-order valence-electron chi connectivity index (χ2n) is 3.25. The second kappa shape index (κ2) is 3.49. The van der Waals surface area contributed by atoms with Crippen LogP contribution in [0.5, 0.6) is 5.75 Å². The average molecular weight is 212 g/mol. The molecule has 0 saturated carbocycles. The molecule has 3 nitrogen and oxygen atoms in total. The van der Waals surface area contributed by atoms with E-state index in [1.807, 2.05) is 0 Å². The Morgan fingerprint density at radius 1 is 1.47 bits per heavy atom. The summed E-state index contributed by atoms with van der Waals surface area (Å²) in [5.41, 5.74) is 5.33. The van der Waals surface area contributed by atoms with Crippen molar-refractivity contribution < 1.29 is 18.3 Å². The topological polar surface area (TPSA) is 52.3 Å². The summed E-state index contributed by atoms with van der Waals surface area (Å²) >= 11 is 0. The lowest BCUT2D eigenvalue weighted by Crippen LogP contribution is -2.36. The maximum atomic E-state index is 13.2. The molecule has 0 unspecified atom stereocenters. The Balaban J connectivity index is 2.37. The third kappa shape index (κ3) is 1.77. The lowest BCUT2D eigenvalue weighted by molar-refractivity contribution is -0.125. The fraction of sp³-hybridized carbons (Fsp3) is 0.200. The predicted octanol–water partition coefficient (Wildman–Crippen LogP) is 1.15. The number of rotatable bonds is 1. The van der Waals surface area contributed by atoms with Crippen molar-refractivity contribution in [3.63, 3.8) is 0 Å². The van der Waals surface area contributed by atoms with Crippen LogP contribution in [0.1, 0.15) is 12.0 Å². The number of hydrogen-bond donors (Lipinski definition) is 1. The molecule has 1 aromatic rings. The van der Waals surface area contributed by atoms with E-state index in [2.05, 4.69) is 0 Å². The molecule has 1 aliphatic heterocycles. The highest BCUT2D eigenvalue weighted by Crippen LogP contribution is 2.32. The van der Waals surface area contributed by atoms with Gasteiger partial charge >= 0.3 is 0 Å². The minimum absolute atomic E-state index is 0.119. The summed E-state index contributed by atoms with van der Waals surface area (Å²) in [5.74, 6) is -2.29. The van der Waals surface area contributed by atoms with Crippen molar-refractivity contribution in [2.45, 2.75) is 12.5 Å². The van der Waals surface area contributed by atoms with Crippen LogP contribution in [0, 0.1) is 18.1 Å². The van der Waals surface area contributed by atoms with E-state index < -0.39 is 23.6 Å². The van der Waals surface area contributed by atoms with Crippen molar-refractivity contribution in [2.75, 3.05) is 0 Å². The van der Waals surface area contributed by atoms with Crippen LogP contribution in [0.2, 0.25) is 0 Å². The molecule has 0 spiro atoms. The number of carbonyl (C=O) groups excluding carboxylic acids is 1. The van der Waals surface area contributed by atoms with Crippen LogP contribution < -0.4 is 10.5 Å². The van der Waals surface area contributed by atoms with Gasteiger partial charge in [0.2, 0.25) is 0 Å². The summed E-state index contributed by atoms with van der Waals surface area (Å²) < 4.78 is 31.1. The van der Waals surface area contributed by atoms with Crippen LogP contribution in [0.3, 0.4) is 0 Å². The van der Waals surface area contributed by atoms with Crippen molar-refractivity contribution >= 4 is 5.91 Å². The fourth-order valence-electron chi connectivity index (χ4n) is 1.45.